The molecule has 0 saturated heterocycles. The zero-order chi connectivity index (χ0) is 11.7. The molecule has 0 rings (SSSR count). The van der Waals surface area contributed by atoms with Gasteiger partial charge in [0.25, 0.3) is 0 Å². The van der Waals surface area contributed by atoms with Crippen molar-refractivity contribution in [1.29, 1.82) is 0 Å². The van der Waals surface area contributed by atoms with E-state index in [1.165, 1.54) is 0 Å². The number of hydrogen-bond acceptors (Lipinski definition) is 2. The fourth-order valence-corrected chi connectivity index (χ4v) is 1.01. The van der Waals surface area contributed by atoms with E-state index in [0.29, 0.717) is 0 Å². The molecule has 88 valence electrons. The third-order valence-corrected chi connectivity index (χ3v) is 0.671. The summed E-state index contributed by atoms with van der Waals surface area (Å²) >= 11 is 0. The molecule has 0 amide bonds. The predicted octanol–water partition coefficient (Wildman–Crippen LogP) is 2.17. The Balaban J connectivity index is -0.0000000883. The Morgan fingerprint density at radius 2 is 0.786 bits per heavy atom. The zero-order valence-corrected chi connectivity index (χ0v) is 14.4. The molecule has 2 N–H and O–H groups in total. The Hall–Kier alpha value is 0.750. The smallest absolute Gasteiger partial charge is 0.0319 e. The Morgan fingerprint density at radius 1 is 0.643 bits per heavy atom. The van der Waals surface area contributed by atoms with Crippen LogP contribution in [-0.4, -0.2) is 35.5 Å². The van der Waals surface area contributed by atoms with Crippen LogP contribution in [0.1, 0.15) is 41.5 Å². The maximum Gasteiger partial charge on any atom is 0.0319 e. The van der Waals surface area contributed by atoms with Crippen LogP contribution < -0.4 is 0 Å². The molecule has 0 unspecified atom stereocenters. The molecule has 0 aliphatic carbocycles. The zero-order valence-electron chi connectivity index (χ0n) is 10.8. The molecule has 0 aromatic carbocycles. The van der Waals surface area contributed by atoms with Crippen LogP contribution in [0.3, 0.4) is 0 Å². The van der Waals surface area contributed by atoms with Crippen molar-refractivity contribution < 1.29 is 36.1 Å². The third-order valence-electron chi connectivity index (χ3n) is 0.671. The monoisotopic (exact) mass is 372 g/mol. The largest absolute Gasteiger partial charge is 0.653 e. The Bertz CT molecular complexity index is 83.3. The maximum absolute atomic E-state index is 7.00. The molecule has 0 saturated carbocycles. The molecular weight excluding hydrogens is 345 g/mol. The van der Waals surface area contributed by atoms with Gasteiger partial charge in [-0.1, -0.05) is 41.5 Å². The molecular formula is C10H26HfNO2-. The number of rotatable bonds is 0. The summed E-state index contributed by atoms with van der Waals surface area (Å²) < 4.78 is 0. The van der Waals surface area contributed by atoms with Gasteiger partial charge in [-0.15, -0.1) is 11.1 Å². The van der Waals surface area contributed by atoms with E-state index in [1.807, 2.05) is 0 Å². The van der Waals surface area contributed by atoms with Gasteiger partial charge in [-0.3, -0.25) is 0 Å². The molecule has 0 bridgehead atoms. The molecule has 4 heteroatoms. The summed E-state index contributed by atoms with van der Waals surface area (Å²) in [7, 11) is 2.00. The summed E-state index contributed by atoms with van der Waals surface area (Å²) in [5.74, 6) is 0. The van der Waals surface area contributed by atoms with E-state index in [2.05, 4.69) is 46.9 Å². The number of aliphatic hydroxyl groups is 2. The van der Waals surface area contributed by atoms with E-state index in [4.69, 9.17) is 10.2 Å². The van der Waals surface area contributed by atoms with Crippen molar-refractivity contribution in [3.8, 4) is 0 Å². The minimum atomic E-state index is 0. The van der Waals surface area contributed by atoms with Crippen molar-refractivity contribution in [3.63, 3.8) is 0 Å². The molecule has 0 aliphatic rings. The summed E-state index contributed by atoms with van der Waals surface area (Å²) in [6.45, 7) is 12.7. The average molecular weight is 371 g/mol. The Labute approximate surface area is 108 Å². The summed E-state index contributed by atoms with van der Waals surface area (Å²) in [6.07, 6.45) is 0. The van der Waals surface area contributed by atoms with Gasteiger partial charge >= 0.3 is 0 Å². The first-order valence-electron chi connectivity index (χ1n) is 4.34. The van der Waals surface area contributed by atoms with Crippen molar-refractivity contribution in [2.24, 2.45) is 0 Å². The minimum Gasteiger partial charge on any atom is -0.653 e. The van der Waals surface area contributed by atoms with Crippen molar-refractivity contribution in [1.82, 2.24) is 0 Å². The maximum atomic E-state index is 7.00. The number of aliphatic hydroxyl groups excluding tert-OH is 2. The first kappa shape index (κ1) is 24.1. The summed E-state index contributed by atoms with van der Waals surface area (Å²) in [6, 6.07) is 0. The van der Waals surface area contributed by atoms with E-state index >= 15 is 0 Å². The number of hydrogen-bond donors (Lipinski definition) is 2. The van der Waals surface area contributed by atoms with E-state index in [9.17, 15) is 0 Å². The van der Waals surface area contributed by atoms with Gasteiger partial charge in [0.05, 0.1) is 0 Å². The van der Waals surface area contributed by atoms with Crippen molar-refractivity contribution in [3.05, 3.63) is 5.32 Å². The fraction of sp³-hybridized carbons (Fsp3) is 1.00. The van der Waals surface area contributed by atoms with Crippen LogP contribution in [0.2, 0.25) is 0 Å². The van der Waals surface area contributed by atoms with Crippen molar-refractivity contribution >= 4 is 0 Å². The minimum absolute atomic E-state index is 0. The van der Waals surface area contributed by atoms with Gasteiger partial charge in [-0.25, -0.2) is 0 Å². The molecule has 0 radical (unpaired) electrons. The molecule has 14 heavy (non-hydrogen) atoms. The van der Waals surface area contributed by atoms with Crippen LogP contribution in [0.5, 0.6) is 0 Å². The third kappa shape index (κ3) is 38.6. The quantitative estimate of drug-likeness (QED) is 0.642. The van der Waals surface area contributed by atoms with Crippen LogP contribution in [0.25, 0.3) is 5.32 Å². The van der Waals surface area contributed by atoms with Gasteiger partial charge < -0.3 is 15.5 Å². The molecule has 0 aromatic heterocycles. The predicted molar refractivity (Wildman–Crippen MR) is 59.2 cm³/mol. The van der Waals surface area contributed by atoms with Gasteiger partial charge in [-0.05, 0) is 0 Å². The van der Waals surface area contributed by atoms with Crippen LogP contribution in [0, 0.1) is 0 Å². The van der Waals surface area contributed by atoms with Crippen LogP contribution in [0.15, 0.2) is 0 Å². The topological polar surface area (TPSA) is 54.6 Å². The molecule has 0 spiro atoms. The van der Waals surface area contributed by atoms with Gasteiger partial charge in [0, 0.05) is 40.1 Å². The molecule has 0 heterocycles. The fourth-order valence-electron chi connectivity index (χ4n) is 1.01. The summed E-state index contributed by atoms with van der Waals surface area (Å²) in [5, 5.41) is 18.5. The standard InChI is InChI=1S/C8H18N.2CH4O.Hf/c1-7(2,3)9-8(4,5)6;2*1-2;/h1-6H3;2*2H,1H3;/q-1;;;. The molecule has 3 nitrogen and oxygen atoms in total. The van der Waals surface area contributed by atoms with Gasteiger partial charge in [0.15, 0.2) is 0 Å². The SMILES string of the molecule is CC(C)(C)[N-]C(C)(C)C.CO.CO.[Hf]. The van der Waals surface area contributed by atoms with E-state index in [1.54, 1.807) is 0 Å². The van der Waals surface area contributed by atoms with Gasteiger partial charge in [0.1, 0.15) is 0 Å². The van der Waals surface area contributed by atoms with Crippen LogP contribution in [0.4, 0.5) is 0 Å². The van der Waals surface area contributed by atoms with Gasteiger partial charge in [-0.2, -0.15) is 0 Å². The molecule has 0 aromatic rings. The second-order valence-corrected chi connectivity index (χ2v) is 4.45. The Kier molecular flexibility index (Phi) is 20.4. The van der Waals surface area contributed by atoms with E-state index in [0.717, 1.165) is 14.2 Å². The first-order valence-corrected chi connectivity index (χ1v) is 4.34. The van der Waals surface area contributed by atoms with Crippen molar-refractivity contribution in [2.45, 2.75) is 52.6 Å². The van der Waals surface area contributed by atoms with E-state index < -0.39 is 0 Å². The molecule has 0 aliphatic heterocycles. The van der Waals surface area contributed by atoms with E-state index in [-0.39, 0.29) is 36.9 Å². The second kappa shape index (κ2) is 11.8. The average Bonchev–Trinajstić information content (AvgIpc) is 1.88. The van der Waals surface area contributed by atoms with Crippen LogP contribution in [-0.2, 0) is 25.8 Å². The summed E-state index contributed by atoms with van der Waals surface area (Å²) in [4.78, 5) is 0. The summed E-state index contributed by atoms with van der Waals surface area (Å²) in [5.41, 5.74) is 0.219. The first-order chi connectivity index (χ1) is 5.71. The normalized spacial score (nSPS) is 9.86. The Morgan fingerprint density at radius 3 is 0.786 bits per heavy atom. The van der Waals surface area contributed by atoms with Crippen LogP contribution >= 0.6 is 0 Å². The molecule has 0 atom stereocenters. The van der Waals surface area contributed by atoms with Crippen molar-refractivity contribution in [2.75, 3.05) is 14.2 Å². The second-order valence-electron chi connectivity index (χ2n) is 4.45. The molecule has 0 fully saturated rings. The van der Waals surface area contributed by atoms with Gasteiger partial charge in [0.2, 0.25) is 0 Å². The number of nitrogens with zero attached hydrogens (tertiary/aromatic N) is 1.